The van der Waals surface area contributed by atoms with Crippen LogP contribution in [-0.2, 0) is 4.79 Å². The van der Waals surface area contributed by atoms with Crippen LogP contribution >= 0.6 is 0 Å². The van der Waals surface area contributed by atoms with Gasteiger partial charge in [0.2, 0.25) is 0 Å². The molecular formula is C20H30O3. The molecule has 23 heavy (non-hydrogen) atoms. The molecule has 0 aliphatic heterocycles. The summed E-state index contributed by atoms with van der Waals surface area (Å²) in [5.74, 6) is 0.182. The molecule has 0 aromatic rings. The van der Waals surface area contributed by atoms with E-state index in [1.807, 2.05) is 6.92 Å². The van der Waals surface area contributed by atoms with Gasteiger partial charge in [0.15, 0.2) is 5.78 Å². The molecule has 0 heterocycles. The van der Waals surface area contributed by atoms with E-state index in [4.69, 9.17) is 0 Å². The predicted molar refractivity (Wildman–Crippen MR) is 90.8 cm³/mol. The topological polar surface area (TPSA) is 57.5 Å². The average molecular weight is 318 g/mol. The number of carbonyl (C=O) groups excluding carboxylic acids is 1. The minimum Gasteiger partial charge on any atom is -0.396 e. The number of Topliss-reactive ketones (excluding diaryl/α,β-unsaturated/α-hetero) is 1. The number of rotatable bonds is 2. The van der Waals surface area contributed by atoms with Crippen LogP contribution in [0.25, 0.3) is 0 Å². The van der Waals surface area contributed by atoms with Gasteiger partial charge in [0, 0.05) is 23.4 Å². The van der Waals surface area contributed by atoms with Crippen LogP contribution in [0.5, 0.6) is 0 Å². The lowest BCUT2D eigenvalue weighted by Crippen LogP contribution is -2.59. The summed E-state index contributed by atoms with van der Waals surface area (Å²) in [7, 11) is 0. The highest BCUT2D eigenvalue weighted by molar-refractivity contribution is 6.02. The van der Waals surface area contributed by atoms with Crippen LogP contribution in [0.1, 0.15) is 52.9 Å². The molecule has 128 valence electrons. The molecule has 0 bridgehead atoms. The molecule has 0 aromatic heterocycles. The van der Waals surface area contributed by atoms with Gasteiger partial charge >= 0.3 is 0 Å². The maximum absolute atomic E-state index is 13.0. The van der Waals surface area contributed by atoms with Gasteiger partial charge in [0.1, 0.15) is 0 Å². The largest absolute Gasteiger partial charge is 0.396 e. The summed E-state index contributed by atoms with van der Waals surface area (Å²) in [6.45, 7) is 10.2. The number of aliphatic hydroxyl groups excluding tert-OH is 2. The van der Waals surface area contributed by atoms with Gasteiger partial charge in [0.05, 0.1) is 6.10 Å². The van der Waals surface area contributed by atoms with Crippen molar-refractivity contribution in [1.29, 1.82) is 0 Å². The van der Waals surface area contributed by atoms with E-state index in [0.717, 1.165) is 37.7 Å². The number of carbonyl (C=O) groups is 1. The first kappa shape index (κ1) is 16.9. The highest BCUT2D eigenvalue weighted by Gasteiger charge is 2.60. The first-order valence-corrected chi connectivity index (χ1v) is 8.91. The highest BCUT2D eigenvalue weighted by Crippen LogP contribution is 2.62. The Balaban J connectivity index is 2.12. The molecule has 0 unspecified atom stereocenters. The second kappa shape index (κ2) is 5.29. The summed E-state index contributed by atoms with van der Waals surface area (Å²) in [6, 6.07) is 0. The Hall–Kier alpha value is -0.930. The van der Waals surface area contributed by atoms with Gasteiger partial charge in [-0.25, -0.2) is 0 Å². The zero-order valence-electron chi connectivity index (χ0n) is 14.6. The maximum Gasteiger partial charge on any atom is 0.168 e. The summed E-state index contributed by atoms with van der Waals surface area (Å²) >= 11 is 0. The van der Waals surface area contributed by atoms with Crippen molar-refractivity contribution in [3.05, 3.63) is 24.3 Å². The van der Waals surface area contributed by atoms with Crippen molar-refractivity contribution >= 4 is 5.78 Å². The standard InChI is InChI=1S/C20H30O3/c1-5-19(4)10-7-14-13(17(19)23)11-15(22)16-18(2,3)8-6-9-20(14,16)12-21/h5,11,14-16,21-22H,1,6-10,12H2,2-4H3/t14-,15+,16-,19-,20-/m0/s1. The maximum atomic E-state index is 13.0. The molecule has 0 amide bonds. The Kier molecular flexibility index (Phi) is 3.89. The van der Waals surface area contributed by atoms with E-state index < -0.39 is 11.5 Å². The van der Waals surface area contributed by atoms with Gasteiger partial charge in [-0.1, -0.05) is 26.3 Å². The minimum atomic E-state index is -0.653. The second-order valence-corrected chi connectivity index (χ2v) is 8.87. The third-order valence-corrected chi connectivity index (χ3v) is 7.16. The molecular weight excluding hydrogens is 288 g/mol. The van der Waals surface area contributed by atoms with E-state index in [1.54, 1.807) is 12.2 Å². The third kappa shape index (κ3) is 2.20. The van der Waals surface area contributed by atoms with Gasteiger partial charge < -0.3 is 10.2 Å². The third-order valence-electron chi connectivity index (χ3n) is 7.16. The van der Waals surface area contributed by atoms with Crippen LogP contribution in [0.4, 0.5) is 0 Å². The van der Waals surface area contributed by atoms with Crippen LogP contribution in [0.15, 0.2) is 24.3 Å². The van der Waals surface area contributed by atoms with Crippen LogP contribution in [0.2, 0.25) is 0 Å². The summed E-state index contributed by atoms with van der Waals surface area (Å²) in [4.78, 5) is 13.0. The summed E-state index contributed by atoms with van der Waals surface area (Å²) < 4.78 is 0. The number of fused-ring (bicyclic) bond motifs is 3. The lowest BCUT2D eigenvalue weighted by atomic mass is 9.44. The first-order valence-electron chi connectivity index (χ1n) is 8.91. The number of hydrogen-bond donors (Lipinski definition) is 2. The van der Waals surface area contributed by atoms with Gasteiger partial charge in [-0.15, -0.1) is 6.58 Å². The quantitative estimate of drug-likeness (QED) is 0.768. The number of ketones is 1. The molecule has 3 nitrogen and oxygen atoms in total. The smallest absolute Gasteiger partial charge is 0.168 e. The molecule has 0 radical (unpaired) electrons. The highest BCUT2D eigenvalue weighted by atomic mass is 16.3. The molecule has 0 spiro atoms. The normalized spacial score (nSPS) is 45.7. The van der Waals surface area contributed by atoms with Crippen LogP contribution < -0.4 is 0 Å². The Bertz CT molecular complexity index is 561. The minimum absolute atomic E-state index is 0.0170. The molecule has 5 atom stereocenters. The Morgan fingerprint density at radius 2 is 2.00 bits per heavy atom. The zero-order chi connectivity index (χ0) is 17.0. The summed E-state index contributed by atoms with van der Waals surface area (Å²) in [5.41, 5.74) is -0.168. The lowest BCUT2D eigenvalue weighted by Gasteiger charge is -2.60. The fourth-order valence-electron chi connectivity index (χ4n) is 5.91. The van der Waals surface area contributed by atoms with Gasteiger partial charge in [-0.2, -0.15) is 0 Å². The molecule has 3 rings (SSSR count). The number of allylic oxidation sites excluding steroid dienone is 2. The van der Waals surface area contributed by atoms with Crippen molar-refractivity contribution in [3.8, 4) is 0 Å². The van der Waals surface area contributed by atoms with Crippen molar-refractivity contribution in [2.24, 2.45) is 28.1 Å². The average Bonchev–Trinajstić information content (AvgIpc) is 2.50. The Labute approximate surface area is 139 Å². The van der Waals surface area contributed by atoms with E-state index in [9.17, 15) is 15.0 Å². The van der Waals surface area contributed by atoms with Gasteiger partial charge in [-0.05, 0) is 55.6 Å². The monoisotopic (exact) mass is 318 g/mol. The van der Waals surface area contributed by atoms with Crippen molar-refractivity contribution in [2.45, 2.75) is 59.0 Å². The predicted octanol–water partition coefficient (Wildman–Crippen LogP) is 3.26. The van der Waals surface area contributed by atoms with Crippen molar-refractivity contribution in [1.82, 2.24) is 0 Å². The van der Waals surface area contributed by atoms with Crippen LogP contribution in [0, 0.1) is 28.1 Å². The van der Waals surface area contributed by atoms with E-state index >= 15 is 0 Å². The molecule has 2 saturated carbocycles. The summed E-state index contributed by atoms with van der Waals surface area (Å²) in [6.07, 6.45) is 7.58. The summed E-state index contributed by atoms with van der Waals surface area (Å²) in [5, 5.41) is 21.2. The van der Waals surface area contributed by atoms with Crippen LogP contribution in [-0.4, -0.2) is 28.7 Å². The van der Waals surface area contributed by atoms with Gasteiger partial charge in [0.25, 0.3) is 0 Å². The van der Waals surface area contributed by atoms with E-state index in [-0.39, 0.29) is 35.1 Å². The zero-order valence-corrected chi connectivity index (χ0v) is 14.6. The Morgan fingerprint density at radius 3 is 2.61 bits per heavy atom. The lowest BCUT2D eigenvalue weighted by molar-refractivity contribution is -0.146. The Morgan fingerprint density at radius 1 is 1.30 bits per heavy atom. The van der Waals surface area contributed by atoms with E-state index in [0.29, 0.717) is 0 Å². The van der Waals surface area contributed by atoms with E-state index in [1.165, 1.54) is 0 Å². The molecule has 3 heteroatoms. The molecule has 3 aliphatic rings. The fraction of sp³-hybridized carbons (Fsp3) is 0.750. The van der Waals surface area contributed by atoms with Crippen molar-refractivity contribution in [3.63, 3.8) is 0 Å². The van der Waals surface area contributed by atoms with Gasteiger partial charge in [-0.3, -0.25) is 4.79 Å². The fourth-order valence-corrected chi connectivity index (χ4v) is 5.91. The van der Waals surface area contributed by atoms with E-state index in [2.05, 4.69) is 20.4 Å². The number of aliphatic hydroxyl groups is 2. The molecule has 0 saturated heterocycles. The molecule has 3 aliphatic carbocycles. The molecule has 2 N–H and O–H groups in total. The second-order valence-electron chi connectivity index (χ2n) is 8.87. The van der Waals surface area contributed by atoms with Crippen LogP contribution in [0.3, 0.4) is 0 Å². The SMILES string of the molecule is C=C[C@@]1(C)CC[C@H]2C(=C[C@@H](O)[C@H]3C(C)(C)CCC[C@]23CO)C1=O. The number of hydrogen-bond acceptors (Lipinski definition) is 3. The van der Waals surface area contributed by atoms with Crippen molar-refractivity contribution < 1.29 is 15.0 Å². The van der Waals surface area contributed by atoms with Crippen molar-refractivity contribution in [2.75, 3.05) is 6.61 Å². The molecule has 2 fully saturated rings. The first-order chi connectivity index (χ1) is 10.7. The molecule has 0 aromatic carbocycles.